The molecule has 0 radical (unpaired) electrons. The quantitative estimate of drug-likeness (QED) is 0.705. The summed E-state index contributed by atoms with van der Waals surface area (Å²) in [5.41, 5.74) is 1.30. The molecular formula is C23H30N2O4. The molecule has 2 unspecified atom stereocenters. The molecule has 0 aromatic heterocycles. The summed E-state index contributed by atoms with van der Waals surface area (Å²) in [6.45, 7) is 7.57. The van der Waals surface area contributed by atoms with Gasteiger partial charge in [0.1, 0.15) is 11.6 Å². The Morgan fingerprint density at radius 3 is 2.10 bits per heavy atom. The monoisotopic (exact) mass is 398 g/mol. The molecule has 0 aliphatic heterocycles. The molecule has 29 heavy (non-hydrogen) atoms. The minimum Gasteiger partial charge on any atom is -0.444 e. The molecule has 2 amide bonds. The van der Waals surface area contributed by atoms with Gasteiger partial charge in [0, 0.05) is 0 Å². The molecule has 2 rings (SSSR count). The minimum absolute atomic E-state index is 0.0292. The Bertz CT molecular complexity index is 772. The summed E-state index contributed by atoms with van der Waals surface area (Å²) in [7, 11) is 0. The van der Waals surface area contributed by atoms with Crippen molar-refractivity contribution >= 4 is 12.0 Å². The van der Waals surface area contributed by atoms with E-state index in [1.54, 1.807) is 20.8 Å². The lowest BCUT2D eigenvalue weighted by molar-refractivity contribution is -0.125. The molecule has 0 fully saturated rings. The third kappa shape index (κ3) is 8.35. The van der Waals surface area contributed by atoms with Gasteiger partial charge in [-0.2, -0.15) is 0 Å². The maximum Gasteiger partial charge on any atom is 0.408 e. The van der Waals surface area contributed by atoms with Crippen molar-refractivity contribution in [2.24, 2.45) is 0 Å². The normalized spacial score (nSPS) is 13.2. The molecule has 6 heteroatoms. The lowest BCUT2D eigenvalue weighted by Crippen LogP contribution is -2.51. The van der Waals surface area contributed by atoms with E-state index in [0.717, 1.165) is 11.1 Å². The van der Waals surface area contributed by atoms with E-state index in [0.29, 0.717) is 6.61 Å². The Kier molecular flexibility index (Phi) is 8.21. The summed E-state index contributed by atoms with van der Waals surface area (Å²) in [5.74, 6) is -0.333. The summed E-state index contributed by atoms with van der Waals surface area (Å²) < 4.78 is 11.0. The van der Waals surface area contributed by atoms with Crippen LogP contribution in [0.4, 0.5) is 4.79 Å². The van der Waals surface area contributed by atoms with Crippen LogP contribution in [0.1, 0.15) is 44.9 Å². The maximum atomic E-state index is 12.8. The highest BCUT2D eigenvalue weighted by Gasteiger charge is 2.25. The highest BCUT2D eigenvalue weighted by atomic mass is 16.6. The molecule has 156 valence electrons. The largest absolute Gasteiger partial charge is 0.444 e. The van der Waals surface area contributed by atoms with Gasteiger partial charge >= 0.3 is 6.09 Å². The molecule has 0 aliphatic carbocycles. The van der Waals surface area contributed by atoms with Crippen molar-refractivity contribution in [3.63, 3.8) is 0 Å². The molecule has 2 aromatic carbocycles. The Labute approximate surface area is 172 Å². The lowest BCUT2D eigenvalue weighted by atomic mass is 10.1. The zero-order chi connectivity index (χ0) is 21.3. The molecule has 2 N–H and O–H groups in total. The fraction of sp³-hybridized carbons (Fsp3) is 0.391. The molecule has 0 aliphatic rings. The minimum atomic E-state index is -0.875. The molecule has 2 atom stereocenters. The van der Waals surface area contributed by atoms with Crippen molar-refractivity contribution in [1.82, 2.24) is 10.6 Å². The van der Waals surface area contributed by atoms with Crippen molar-refractivity contribution in [1.29, 1.82) is 0 Å². The standard InChI is InChI=1S/C23H30N2O4/c1-17(19-13-9-6-10-14-19)24-21(26)20(25-22(27)29-23(2,3)4)16-28-15-18-11-7-5-8-12-18/h5-14,17,20H,15-16H2,1-4H3,(H,24,26)(H,25,27). The van der Waals surface area contributed by atoms with Crippen molar-refractivity contribution in [2.75, 3.05) is 6.61 Å². The van der Waals surface area contributed by atoms with Crippen molar-refractivity contribution in [3.8, 4) is 0 Å². The number of benzene rings is 2. The van der Waals surface area contributed by atoms with E-state index in [4.69, 9.17) is 9.47 Å². The van der Waals surface area contributed by atoms with Crippen LogP contribution in [0.5, 0.6) is 0 Å². The SMILES string of the molecule is CC(NC(=O)C(COCc1ccccc1)NC(=O)OC(C)(C)C)c1ccccc1. The van der Waals surface area contributed by atoms with Crippen LogP contribution in [-0.4, -0.2) is 30.3 Å². The Balaban J connectivity index is 1.99. The van der Waals surface area contributed by atoms with E-state index in [-0.39, 0.29) is 18.6 Å². The molecule has 0 saturated carbocycles. The number of hydrogen-bond acceptors (Lipinski definition) is 4. The van der Waals surface area contributed by atoms with Gasteiger partial charge in [-0.3, -0.25) is 4.79 Å². The summed E-state index contributed by atoms with van der Waals surface area (Å²) >= 11 is 0. The van der Waals surface area contributed by atoms with Crippen LogP contribution >= 0.6 is 0 Å². The van der Waals surface area contributed by atoms with E-state index in [2.05, 4.69) is 10.6 Å². The summed E-state index contributed by atoms with van der Waals surface area (Å²) in [5, 5.41) is 5.54. The Morgan fingerprint density at radius 2 is 1.52 bits per heavy atom. The van der Waals surface area contributed by atoms with Gasteiger partial charge in [-0.25, -0.2) is 4.79 Å². The van der Waals surface area contributed by atoms with E-state index < -0.39 is 17.7 Å². The van der Waals surface area contributed by atoms with Gasteiger partial charge in [0.05, 0.1) is 19.3 Å². The highest BCUT2D eigenvalue weighted by molar-refractivity contribution is 5.86. The van der Waals surface area contributed by atoms with Crippen molar-refractivity contribution in [2.45, 2.75) is 52.0 Å². The molecular weight excluding hydrogens is 368 g/mol. The molecule has 0 saturated heterocycles. The number of amides is 2. The average molecular weight is 399 g/mol. The second-order valence-corrected chi connectivity index (χ2v) is 7.84. The summed E-state index contributed by atoms with van der Waals surface area (Å²) in [4.78, 5) is 25.0. The number of rotatable bonds is 8. The predicted molar refractivity (Wildman–Crippen MR) is 112 cm³/mol. The van der Waals surface area contributed by atoms with Gasteiger partial charge in [0.25, 0.3) is 0 Å². The van der Waals surface area contributed by atoms with E-state index >= 15 is 0 Å². The number of hydrogen-bond donors (Lipinski definition) is 2. The zero-order valence-corrected chi connectivity index (χ0v) is 17.5. The first-order chi connectivity index (χ1) is 13.7. The molecule has 0 bridgehead atoms. The summed E-state index contributed by atoms with van der Waals surface area (Å²) in [6.07, 6.45) is -0.659. The molecule has 0 heterocycles. The third-order valence-electron chi connectivity index (χ3n) is 4.06. The number of carbonyl (C=O) groups excluding carboxylic acids is 2. The second kappa shape index (κ2) is 10.6. The van der Waals surface area contributed by atoms with Crippen LogP contribution in [0, 0.1) is 0 Å². The molecule has 2 aromatic rings. The van der Waals surface area contributed by atoms with E-state index in [1.165, 1.54) is 0 Å². The number of ether oxygens (including phenoxy) is 2. The van der Waals surface area contributed by atoms with Crippen LogP contribution in [-0.2, 0) is 20.9 Å². The average Bonchev–Trinajstić information content (AvgIpc) is 2.67. The number of carbonyl (C=O) groups is 2. The van der Waals surface area contributed by atoms with Gasteiger partial charge < -0.3 is 20.1 Å². The predicted octanol–water partition coefficient (Wildman–Crippen LogP) is 3.97. The van der Waals surface area contributed by atoms with Crippen molar-refractivity contribution < 1.29 is 19.1 Å². The number of nitrogens with one attached hydrogen (secondary N) is 2. The van der Waals surface area contributed by atoms with Crippen LogP contribution < -0.4 is 10.6 Å². The lowest BCUT2D eigenvalue weighted by Gasteiger charge is -2.24. The molecule has 0 spiro atoms. The fourth-order valence-electron chi connectivity index (χ4n) is 2.64. The number of alkyl carbamates (subject to hydrolysis) is 1. The van der Waals surface area contributed by atoms with Crippen LogP contribution in [0.3, 0.4) is 0 Å². The Morgan fingerprint density at radius 1 is 0.931 bits per heavy atom. The summed E-state index contributed by atoms with van der Waals surface area (Å²) in [6, 6.07) is 18.2. The zero-order valence-electron chi connectivity index (χ0n) is 17.5. The highest BCUT2D eigenvalue weighted by Crippen LogP contribution is 2.12. The topological polar surface area (TPSA) is 76.7 Å². The van der Waals surface area contributed by atoms with Crippen LogP contribution in [0.25, 0.3) is 0 Å². The first-order valence-electron chi connectivity index (χ1n) is 9.71. The van der Waals surface area contributed by atoms with Gasteiger partial charge in [-0.05, 0) is 38.8 Å². The van der Waals surface area contributed by atoms with Crippen molar-refractivity contribution in [3.05, 3.63) is 71.8 Å². The van der Waals surface area contributed by atoms with Gasteiger partial charge in [0.15, 0.2) is 0 Å². The molecule has 6 nitrogen and oxygen atoms in total. The first kappa shape index (κ1) is 22.4. The second-order valence-electron chi connectivity index (χ2n) is 7.84. The van der Waals surface area contributed by atoms with E-state index in [9.17, 15) is 9.59 Å². The van der Waals surface area contributed by atoms with Gasteiger partial charge in [0.2, 0.25) is 5.91 Å². The van der Waals surface area contributed by atoms with Crippen LogP contribution in [0.2, 0.25) is 0 Å². The van der Waals surface area contributed by atoms with E-state index in [1.807, 2.05) is 67.6 Å². The fourth-order valence-corrected chi connectivity index (χ4v) is 2.64. The smallest absolute Gasteiger partial charge is 0.408 e. The van der Waals surface area contributed by atoms with Gasteiger partial charge in [-0.15, -0.1) is 0 Å². The third-order valence-corrected chi connectivity index (χ3v) is 4.06. The van der Waals surface area contributed by atoms with Crippen LogP contribution in [0.15, 0.2) is 60.7 Å². The van der Waals surface area contributed by atoms with Gasteiger partial charge in [-0.1, -0.05) is 60.7 Å². The maximum absolute atomic E-state index is 12.8. The Hall–Kier alpha value is -2.86. The first-order valence-corrected chi connectivity index (χ1v) is 9.71.